The van der Waals surface area contributed by atoms with Crippen molar-refractivity contribution >= 4 is 11.6 Å². The molecule has 0 amide bonds. The molecule has 0 spiro atoms. The Hall–Kier alpha value is -3.22. The Bertz CT molecular complexity index is 1010. The molecule has 0 radical (unpaired) electrons. The molecule has 3 rings (SSSR count). The van der Waals surface area contributed by atoms with E-state index in [1.807, 2.05) is 26.1 Å². The van der Waals surface area contributed by atoms with E-state index in [2.05, 4.69) is 65.4 Å². The van der Waals surface area contributed by atoms with Gasteiger partial charge >= 0.3 is 0 Å². The SMILES string of the molecule is C=C/C=C(\N=C(/N)N1CCC(n2ccnc2C)CC1)Nc1cc(C(C)C)c(OCC)cc1C. The summed E-state index contributed by atoms with van der Waals surface area (Å²) in [5.41, 5.74) is 9.67. The van der Waals surface area contributed by atoms with Gasteiger partial charge in [-0.05, 0) is 68.9 Å². The van der Waals surface area contributed by atoms with Crippen LogP contribution in [0.1, 0.15) is 62.5 Å². The average Bonchev–Trinajstić information content (AvgIpc) is 3.21. The van der Waals surface area contributed by atoms with Crippen molar-refractivity contribution in [3.05, 3.63) is 66.0 Å². The topological polar surface area (TPSA) is 80.7 Å². The number of imidazole rings is 1. The van der Waals surface area contributed by atoms with Crippen molar-refractivity contribution < 1.29 is 4.74 Å². The van der Waals surface area contributed by atoms with Crippen molar-refractivity contribution in [2.24, 2.45) is 10.7 Å². The van der Waals surface area contributed by atoms with Crippen LogP contribution in [0.2, 0.25) is 0 Å². The maximum Gasteiger partial charge on any atom is 0.197 e. The van der Waals surface area contributed by atoms with Crippen molar-refractivity contribution in [2.45, 2.75) is 59.4 Å². The molecule has 1 aliphatic rings. The minimum absolute atomic E-state index is 0.341. The molecule has 7 nitrogen and oxygen atoms in total. The van der Waals surface area contributed by atoms with Gasteiger partial charge in [0.1, 0.15) is 17.4 Å². The molecule has 7 heteroatoms. The Morgan fingerprint density at radius 3 is 2.64 bits per heavy atom. The van der Waals surface area contributed by atoms with E-state index >= 15 is 0 Å². The lowest BCUT2D eigenvalue weighted by Crippen LogP contribution is -2.43. The molecule has 0 aliphatic carbocycles. The minimum Gasteiger partial charge on any atom is -0.494 e. The summed E-state index contributed by atoms with van der Waals surface area (Å²) in [6.07, 6.45) is 9.52. The van der Waals surface area contributed by atoms with Crippen LogP contribution in [0.4, 0.5) is 5.69 Å². The minimum atomic E-state index is 0.341. The number of rotatable bonds is 8. The van der Waals surface area contributed by atoms with Crippen LogP contribution in [0, 0.1) is 13.8 Å². The van der Waals surface area contributed by atoms with Gasteiger partial charge in [0.2, 0.25) is 0 Å². The fourth-order valence-corrected chi connectivity index (χ4v) is 4.26. The van der Waals surface area contributed by atoms with Gasteiger partial charge in [0.05, 0.1) is 6.61 Å². The van der Waals surface area contributed by atoms with Gasteiger partial charge in [-0.25, -0.2) is 4.98 Å². The normalized spacial score (nSPS) is 15.8. The van der Waals surface area contributed by atoms with Crippen LogP contribution in [-0.4, -0.2) is 40.1 Å². The molecule has 178 valence electrons. The molecule has 1 fully saturated rings. The molecule has 0 unspecified atom stereocenters. The highest BCUT2D eigenvalue weighted by Gasteiger charge is 2.22. The summed E-state index contributed by atoms with van der Waals surface area (Å²) in [6.45, 7) is 16.7. The number of hydrogen-bond acceptors (Lipinski definition) is 4. The van der Waals surface area contributed by atoms with Gasteiger partial charge in [-0.2, -0.15) is 4.99 Å². The lowest BCUT2D eigenvalue weighted by atomic mass is 9.99. The van der Waals surface area contributed by atoms with Crippen LogP contribution >= 0.6 is 0 Å². The van der Waals surface area contributed by atoms with Crippen molar-refractivity contribution in [1.29, 1.82) is 0 Å². The number of ether oxygens (including phenoxy) is 1. The Morgan fingerprint density at radius 1 is 1.33 bits per heavy atom. The Morgan fingerprint density at radius 2 is 2.06 bits per heavy atom. The van der Waals surface area contributed by atoms with Crippen molar-refractivity contribution in [2.75, 3.05) is 25.0 Å². The van der Waals surface area contributed by atoms with E-state index < -0.39 is 0 Å². The molecule has 1 aromatic carbocycles. The van der Waals surface area contributed by atoms with E-state index in [4.69, 9.17) is 15.5 Å². The molecule has 0 atom stereocenters. The predicted molar refractivity (Wildman–Crippen MR) is 137 cm³/mol. The van der Waals surface area contributed by atoms with Crippen LogP contribution < -0.4 is 15.8 Å². The number of anilines is 1. The third-order valence-electron chi connectivity index (χ3n) is 6.10. The largest absolute Gasteiger partial charge is 0.494 e. The number of likely N-dealkylation sites (tertiary alicyclic amines) is 1. The standard InChI is InChI=1S/C26H38N6O/c1-7-9-25(29-23-17-22(18(3)4)24(33-8-2)16-19(23)5)30-26(27)31-13-10-21(11-14-31)32-15-12-28-20(32)6/h7,9,12,15-18,21,29H,1,8,10-11,13-14H2,2-6H3,(H2,27,30)/b25-9-. The number of aromatic nitrogens is 2. The molecule has 1 saturated heterocycles. The Kier molecular flexibility index (Phi) is 8.20. The van der Waals surface area contributed by atoms with Crippen LogP contribution in [-0.2, 0) is 0 Å². The highest BCUT2D eigenvalue weighted by Crippen LogP contribution is 2.33. The third-order valence-corrected chi connectivity index (χ3v) is 6.10. The third kappa shape index (κ3) is 5.97. The van der Waals surface area contributed by atoms with E-state index in [-0.39, 0.29) is 0 Å². The maximum absolute atomic E-state index is 6.43. The summed E-state index contributed by atoms with van der Waals surface area (Å²) in [4.78, 5) is 11.2. The summed E-state index contributed by atoms with van der Waals surface area (Å²) in [5, 5.41) is 3.45. The summed E-state index contributed by atoms with van der Waals surface area (Å²) >= 11 is 0. The molecule has 1 aliphatic heterocycles. The fraction of sp³-hybridized carbons (Fsp3) is 0.462. The number of piperidine rings is 1. The van der Waals surface area contributed by atoms with Gasteiger partial charge in [0.25, 0.3) is 0 Å². The lowest BCUT2D eigenvalue weighted by molar-refractivity contribution is 0.262. The molecule has 33 heavy (non-hydrogen) atoms. The second-order valence-electron chi connectivity index (χ2n) is 8.78. The van der Waals surface area contributed by atoms with Gasteiger partial charge in [0, 0.05) is 37.2 Å². The number of benzene rings is 1. The first-order chi connectivity index (χ1) is 15.8. The van der Waals surface area contributed by atoms with Crippen LogP contribution in [0.15, 0.2) is 54.1 Å². The van der Waals surface area contributed by atoms with Crippen molar-refractivity contribution in [1.82, 2.24) is 14.5 Å². The van der Waals surface area contributed by atoms with Crippen molar-refractivity contribution in [3.8, 4) is 5.75 Å². The molecular weight excluding hydrogens is 412 g/mol. The van der Waals surface area contributed by atoms with Crippen LogP contribution in [0.25, 0.3) is 0 Å². The van der Waals surface area contributed by atoms with Gasteiger partial charge < -0.3 is 25.3 Å². The zero-order valence-electron chi connectivity index (χ0n) is 20.6. The highest BCUT2D eigenvalue weighted by atomic mass is 16.5. The van der Waals surface area contributed by atoms with Gasteiger partial charge in [-0.3, -0.25) is 0 Å². The predicted octanol–water partition coefficient (Wildman–Crippen LogP) is 5.11. The second-order valence-corrected chi connectivity index (χ2v) is 8.78. The van der Waals surface area contributed by atoms with Gasteiger partial charge in [0.15, 0.2) is 5.96 Å². The zero-order chi connectivity index (χ0) is 24.0. The number of nitrogens with one attached hydrogen (secondary N) is 1. The van der Waals surface area contributed by atoms with E-state index in [9.17, 15) is 0 Å². The number of aryl methyl sites for hydroxylation is 2. The highest BCUT2D eigenvalue weighted by molar-refractivity contribution is 5.80. The smallest absolute Gasteiger partial charge is 0.197 e. The van der Waals surface area contributed by atoms with Crippen LogP contribution in [0.3, 0.4) is 0 Å². The van der Waals surface area contributed by atoms with E-state index in [1.54, 1.807) is 6.08 Å². The monoisotopic (exact) mass is 450 g/mol. The number of allylic oxidation sites excluding steroid dienone is 2. The molecule has 3 N–H and O–H groups in total. The average molecular weight is 451 g/mol. The lowest BCUT2D eigenvalue weighted by Gasteiger charge is -2.33. The molecule has 0 bridgehead atoms. The molecule has 0 saturated carbocycles. The van der Waals surface area contributed by atoms with Crippen molar-refractivity contribution in [3.63, 3.8) is 0 Å². The van der Waals surface area contributed by atoms with Gasteiger partial charge in [-0.1, -0.05) is 26.5 Å². The first kappa shape index (κ1) is 24.4. The first-order valence-corrected chi connectivity index (χ1v) is 11.8. The zero-order valence-corrected chi connectivity index (χ0v) is 20.6. The summed E-state index contributed by atoms with van der Waals surface area (Å²) in [7, 11) is 0. The molecule has 2 aromatic rings. The number of aliphatic imine (C=N–C) groups is 1. The van der Waals surface area contributed by atoms with Crippen LogP contribution in [0.5, 0.6) is 5.75 Å². The summed E-state index contributed by atoms with van der Waals surface area (Å²) in [5.74, 6) is 3.51. The number of guanidine groups is 1. The fourth-order valence-electron chi connectivity index (χ4n) is 4.26. The molecular formula is C26H38N6O. The van der Waals surface area contributed by atoms with E-state index in [0.717, 1.165) is 54.3 Å². The second kappa shape index (κ2) is 11.1. The Balaban J connectivity index is 1.74. The quantitative estimate of drug-likeness (QED) is 0.332. The number of nitrogens with zero attached hydrogens (tertiary/aromatic N) is 4. The van der Waals surface area contributed by atoms with E-state index in [1.165, 1.54) is 0 Å². The van der Waals surface area contributed by atoms with Gasteiger partial charge in [-0.15, -0.1) is 0 Å². The molecule has 1 aromatic heterocycles. The van der Waals surface area contributed by atoms with E-state index in [0.29, 0.717) is 30.3 Å². The Labute approximate surface area is 198 Å². The molecule has 2 heterocycles. The maximum atomic E-state index is 6.43. The number of hydrogen-bond donors (Lipinski definition) is 2. The summed E-state index contributed by atoms with van der Waals surface area (Å²) in [6, 6.07) is 4.69. The number of nitrogens with two attached hydrogens (primary N) is 1. The summed E-state index contributed by atoms with van der Waals surface area (Å²) < 4.78 is 8.12. The first-order valence-electron chi connectivity index (χ1n) is 11.8.